The first-order valence-corrected chi connectivity index (χ1v) is 13.9. The number of aromatic nitrogens is 2. The third kappa shape index (κ3) is 5.00. The maximum atomic E-state index is 15.5. The summed E-state index contributed by atoms with van der Waals surface area (Å²) in [6.07, 6.45) is 10.0. The van der Waals surface area contributed by atoms with Gasteiger partial charge < -0.3 is 13.7 Å². The third-order valence-electron chi connectivity index (χ3n) is 8.34. The number of fused-ring (bicyclic) bond motifs is 2. The molecule has 0 radical (unpaired) electrons. The van der Waals surface area contributed by atoms with Crippen LogP contribution < -0.4 is 0 Å². The summed E-state index contributed by atoms with van der Waals surface area (Å²) in [6.45, 7) is 0.458. The molecule has 3 aliphatic rings. The molecule has 38 heavy (non-hydrogen) atoms. The zero-order valence-electron chi connectivity index (χ0n) is 21.8. The van der Waals surface area contributed by atoms with Crippen LogP contribution in [-0.2, 0) is 23.0 Å². The van der Waals surface area contributed by atoms with Crippen molar-refractivity contribution in [2.75, 3.05) is 6.61 Å². The van der Waals surface area contributed by atoms with Gasteiger partial charge in [-0.3, -0.25) is 4.79 Å². The van der Waals surface area contributed by atoms with Gasteiger partial charge in [-0.1, -0.05) is 43.0 Å². The number of carbonyl (C=O) groups is 1. The Morgan fingerprint density at radius 2 is 2.03 bits per heavy atom. The van der Waals surface area contributed by atoms with Gasteiger partial charge >= 0.3 is 0 Å². The summed E-state index contributed by atoms with van der Waals surface area (Å²) in [5.74, 6) is -0.260. The molecule has 2 heterocycles. The second-order valence-electron chi connectivity index (χ2n) is 11.1. The number of nitrogens with zero attached hydrogens (tertiary/aromatic N) is 2. The van der Waals surface area contributed by atoms with Gasteiger partial charge in [-0.25, -0.2) is 13.8 Å². The van der Waals surface area contributed by atoms with Crippen LogP contribution in [0.1, 0.15) is 69.2 Å². The molecule has 3 aromatic rings. The van der Waals surface area contributed by atoms with E-state index in [1.54, 1.807) is 6.08 Å². The molecular weight excluding hydrogens is 486 g/mol. The van der Waals surface area contributed by atoms with E-state index < -0.39 is 12.0 Å². The van der Waals surface area contributed by atoms with Crippen LogP contribution in [0.2, 0.25) is 0 Å². The Hall–Kier alpha value is -3.06. The van der Waals surface area contributed by atoms with Gasteiger partial charge in [0.1, 0.15) is 6.17 Å². The van der Waals surface area contributed by atoms with E-state index in [2.05, 4.69) is 4.98 Å². The van der Waals surface area contributed by atoms with E-state index in [0.717, 1.165) is 34.9 Å². The fourth-order valence-corrected chi connectivity index (χ4v) is 6.30. The zero-order valence-corrected chi connectivity index (χ0v) is 21.8. The Balaban J connectivity index is 1.17. The molecule has 3 aliphatic carbocycles. The number of alkyl halides is 1. The van der Waals surface area contributed by atoms with Gasteiger partial charge in [0.25, 0.3) is 0 Å². The molecule has 7 heteroatoms. The Labute approximate surface area is 221 Å². The second kappa shape index (κ2) is 10.6. The van der Waals surface area contributed by atoms with Gasteiger partial charge in [0.15, 0.2) is 17.4 Å². The van der Waals surface area contributed by atoms with Gasteiger partial charge in [0.2, 0.25) is 5.89 Å². The molecule has 2 fully saturated rings. The van der Waals surface area contributed by atoms with Crippen LogP contribution in [0.4, 0.5) is 8.78 Å². The number of allylic oxidation sites excluding steroid dienone is 2. The summed E-state index contributed by atoms with van der Waals surface area (Å²) >= 11 is 0. The average Bonchev–Trinajstić information content (AvgIpc) is 3.60. The van der Waals surface area contributed by atoms with Gasteiger partial charge in [-0.2, -0.15) is 0 Å². The van der Waals surface area contributed by atoms with Gasteiger partial charge in [-0.15, -0.1) is 0 Å². The molecule has 2 aromatic heterocycles. The lowest BCUT2D eigenvalue weighted by Crippen LogP contribution is -2.20. The van der Waals surface area contributed by atoms with Crippen molar-refractivity contribution >= 4 is 22.5 Å². The van der Waals surface area contributed by atoms with E-state index in [1.165, 1.54) is 19.3 Å². The Morgan fingerprint density at radius 3 is 2.87 bits per heavy atom. The molecule has 0 saturated heterocycles. The van der Waals surface area contributed by atoms with Crippen LogP contribution in [0.15, 0.2) is 52.1 Å². The maximum absolute atomic E-state index is 15.5. The minimum absolute atomic E-state index is 0.0355. The van der Waals surface area contributed by atoms with Crippen molar-refractivity contribution in [3.63, 3.8) is 0 Å². The first kappa shape index (κ1) is 25.2. The van der Waals surface area contributed by atoms with E-state index >= 15 is 4.39 Å². The SMILES string of the molecule is Cn1cc(-c2nc3c(o2)C(F)=C(CC(=O)/C=C2\CC(F)CC2COC2CCCCC2)CC3)c2ccccc21. The summed E-state index contributed by atoms with van der Waals surface area (Å²) in [4.78, 5) is 17.6. The van der Waals surface area contributed by atoms with Gasteiger partial charge in [0.05, 0.1) is 24.0 Å². The highest BCUT2D eigenvalue weighted by atomic mass is 19.1. The fraction of sp³-hybridized carbons (Fsp3) is 0.484. The monoisotopic (exact) mass is 520 g/mol. The van der Waals surface area contributed by atoms with Crippen molar-refractivity contribution < 1.29 is 22.7 Å². The van der Waals surface area contributed by atoms with Crippen molar-refractivity contribution in [2.45, 2.75) is 76.5 Å². The molecule has 2 atom stereocenters. The number of hydrogen-bond acceptors (Lipinski definition) is 4. The maximum Gasteiger partial charge on any atom is 0.229 e. The minimum atomic E-state index is -0.955. The summed E-state index contributed by atoms with van der Waals surface area (Å²) in [5.41, 5.74) is 3.66. The highest BCUT2D eigenvalue weighted by Gasteiger charge is 2.32. The van der Waals surface area contributed by atoms with E-state index in [0.29, 0.717) is 43.0 Å². The van der Waals surface area contributed by atoms with Crippen LogP contribution in [-0.4, -0.2) is 34.2 Å². The molecule has 200 valence electrons. The molecule has 0 aliphatic heterocycles. The van der Waals surface area contributed by atoms with E-state index in [-0.39, 0.29) is 36.4 Å². The molecule has 0 bridgehead atoms. The van der Waals surface area contributed by atoms with Crippen molar-refractivity contribution in [3.05, 3.63) is 59.1 Å². The van der Waals surface area contributed by atoms with E-state index in [4.69, 9.17) is 9.15 Å². The molecule has 0 amide bonds. The second-order valence-corrected chi connectivity index (χ2v) is 11.1. The molecule has 0 spiro atoms. The number of hydrogen-bond donors (Lipinski definition) is 0. The number of para-hydroxylation sites is 1. The van der Waals surface area contributed by atoms with Crippen LogP contribution in [0, 0.1) is 5.92 Å². The topological polar surface area (TPSA) is 57.3 Å². The quantitative estimate of drug-likeness (QED) is 0.304. The van der Waals surface area contributed by atoms with Crippen LogP contribution in [0.3, 0.4) is 0 Å². The lowest BCUT2D eigenvalue weighted by molar-refractivity contribution is -0.114. The molecule has 1 aromatic carbocycles. The van der Waals surface area contributed by atoms with E-state index in [9.17, 15) is 9.18 Å². The average molecular weight is 521 g/mol. The minimum Gasteiger partial charge on any atom is -0.433 e. The lowest BCUT2D eigenvalue weighted by atomic mass is 9.94. The molecule has 5 nitrogen and oxygen atoms in total. The van der Waals surface area contributed by atoms with Crippen LogP contribution in [0.25, 0.3) is 28.2 Å². The number of ketones is 1. The Kier molecular flexibility index (Phi) is 7.04. The highest BCUT2D eigenvalue weighted by Crippen LogP contribution is 2.39. The third-order valence-corrected chi connectivity index (χ3v) is 8.34. The summed E-state index contributed by atoms with van der Waals surface area (Å²) in [5, 5.41) is 0.991. The fourth-order valence-electron chi connectivity index (χ4n) is 6.30. The lowest BCUT2D eigenvalue weighted by Gasteiger charge is -2.24. The number of rotatable bonds is 7. The molecular formula is C31H34F2N2O3. The highest BCUT2D eigenvalue weighted by molar-refractivity contribution is 5.95. The largest absolute Gasteiger partial charge is 0.433 e. The predicted octanol–water partition coefficient (Wildman–Crippen LogP) is 7.44. The van der Waals surface area contributed by atoms with Crippen LogP contribution >= 0.6 is 0 Å². The summed E-state index contributed by atoms with van der Waals surface area (Å²) < 4.78 is 43.8. The summed E-state index contributed by atoms with van der Waals surface area (Å²) in [7, 11) is 1.95. The van der Waals surface area contributed by atoms with Gasteiger partial charge in [-0.05, 0) is 49.8 Å². The molecule has 2 saturated carbocycles. The van der Waals surface area contributed by atoms with Crippen molar-refractivity contribution in [1.29, 1.82) is 0 Å². The molecule has 6 rings (SSSR count). The Morgan fingerprint density at radius 1 is 1.21 bits per heavy atom. The number of ether oxygens (including phenoxy) is 1. The Bertz CT molecular complexity index is 1410. The standard InChI is InChI=1S/C31H34F2N2O3/c1-35-17-26(25-9-5-6-10-28(25)35)31-34-27-12-11-19(29(33)30(27)38-31)15-23(36)16-20-13-22(32)14-21(20)18-37-24-7-3-2-4-8-24/h5-6,9-10,16-17,21-22,24H,2-4,7-8,11-15,18H2,1H3/b20-16+. The smallest absolute Gasteiger partial charge is 0.229 e. The van der Waals surface area contributed by atoms with Gasteiger partial charge in [0, 0.05) is 42.9 Å². The first-order valence-electron chi connectivity index (χ1n) is 13.9. The number of benzene rings is 1. The summed E-state index contributed by atoms with van der Waals surface area (Å²) in [6, 6.07) is 7.94. The zero-order chi connectivity index (χ0) is 26.2. The number of aryl methyl sites for hydroxylation is 2. The first-order chi connectivity index (χ1) is 18.5. The number of halogens is 2. The predicted molar refractivity (Wildman–Crippen MR) is 143 cm³/mol. The molecule has 2 unspecified atom stereocenters. The number of oxazole rings is 1. The number of carbonyl (C=O) groups excluding carboxylic acids is 1. The van der Waals surface area contributed by atoms with Crippen molar-refractivity contribution in [2.24, 2.45) is 13.0 Å². The van der Waals surface area contributed by atoms with Crippen molar-refractivity contribution in [3.8, 4) is 11.5 Å². The normalized spacial score (nSPS) is 23.5. The van der Waals surface area contributed by atoms with Crippen molar-refractivity contribution in [1.82, 2.24) is 9.55 Å². The van der Waals surface area contributed by atoms with E-state index in [1.807, 2.05) is 42.1 Å². The molecule has 0 N–H and O–H groups in total. The van der Waals surface area contributed by atoms with Crippen LogP contribution in [0.5, 0.6) is 0 Å².